The zero-order valence-electron chi connectivity index (χ0n) is 15.7. The highest BCUT2D eigenvalue weighted by Crippen LogP contribution is 2.21. The van der Waals surface area contributed by atoms with Crippen LogP contribution in [0.25, 0.3) is 0 Å². The lowest BCUT2D eigenvalue weighted by Crippen LogP contribution is -2.13. The number of hydrogen-bond acceptors (Lipinski definition) is 4. The van der Waals surface area contributed by atoms with E-state index in [-0.39, 0.29) is 10.8 Å². The lowest BCUT2D eigenvalue weighted by atomic mass is 10.1. The second-order valence-corrected chi connectivity index (χ2v) is 8.52. The molecule has 0 heterocycles. The zero-order valence-corrected chi connectivity index (χ0v) is 16.5. The van der Waals surface area contributed by atoms with Gasteiger partial charge in [0.1, 0.15) is 12.4 Å². The van der Waals surface area contributed by atoms with Crippen LogP contribution < -0.4 is 10.1 Å². The molecule has 0 spiro atoms. The van der Waals surface area contributed by atoms with E-state index in [1.54, 1.807) is 18.2 Å². The summed E-state index contributed by atoms with van der Waals surface area (Å²) in [5.41, 5.74) is 2.68. The summed E-state index contributed by atoms with van der Waals surface area (Å²) >= 11 is 0. The van der Waals surface area contributed by atoms with Gasteiger partial charge in [0.15, 0.2) is 9.84 Å². The largest absolute Gasteiger partial charge is 0.489 e. The van der Waals surface area contributed by atoms with Crippen LogP contribution in [0.3, 0.4) is 0 Å². The Morgan fingerprint density at radius 2 is 1.64 bits per heavy atom. The molecule has 0 unspecified atom stereocenters. The molecule has 0 saturated carbocycles. The summed E-state index contributed by atoms with van der Waals surface area (Å²) in [7, 11) is -3.34. The second-order valence-electron chi connectivity index (χ2n) is 6.50. The third-order valence-corrected chi connectivity index (χ3v) is 5.36. The molecule has 0 saturated heterocycles. The number of para-hydroxylation sites is 1. The summed E-state index contributed by atoms with van der Waals surface area (Å²) in [6.45, 7) is 2.22. The summed E-state index contributed by atoms with van der Waals surface area (Å²) in [6.07, 6.45) is 1.14. The number of carbonyl (C=O) groups excluding carboxylic acids is 1. The van der Waals surface area contributed by atoms with Crippen molar-refractivity contribution >= 4 is 21.4 Å². The van der Waals surface area contributed by atoms with Crippen LogP contribution in [0.15, 0.2) is 77.7 Å². The lowest BCUT2D eigenvalue weighted by Gasteiger charge is -2.11. The van der Waals surface area contributed by atoms with Gasteiger partial charge in [-0.3, -0.25) is 4.79 Å². The van der Waals surface area contributed by atoms with Gasteiger partial charge in [-0.25, -0.2) is 8.42 Å². The van der Waals surface area contributed by atoms with Crippen LogP contribution in [0.4, 0.5) is 5.69 Å². The van der Waals surface area contributed by atoms with Crippen molar-refractivity contribution in [3.8, 4) is 5.75 Å². The van der Waals surface area contributed by atoms with E-state index >= 15 is 0 Å². The number of ether oxygens (including phenoxy) is 1. The van der Waals surface area contributed by atoms with E-state index < -0.39 is 9.84 Å². The summed E-state index contributed by atoms with van der Waals surface area (Å²) in [4.78, 5) is 12.7. The van der Waals surface area contributed by atoms with Crippen molar-refractivity contribution in [1.82, 2.24) is 0 Å². The molecular weight excluding hydrogens is 374 g/mol. The summed E-state index contributed by atoms with van der Waals surface area (Å²) in [5, 5.41) is 2.78. The third kappa shape index (κ3) is 4.98. The molecule has 0 aliphatic carbocycles. The van der Waals surface area contributed by atoms with Gasteiger partial charge in [-0.05, 0) is 54.4 Å². The van der Waals surface area contributed by atoms with Gasteiger partial charge >= 0.3 is 0 Å². The van der Waals surface area contributed by atoms with Crippen LogP contribution >= 0.6 is 0 Å². The van der Waals surface area contributed by atoms with Gasteiger partial charge in [-0.2, -0.15) is 0 Å². The van der Waals surface area contributed by atoms with E-state index in [2.05, 4.69) is 5.32 Å². The van der Waals surface area contributed by atoms with Crippen molar-refractivity contribution in [3.63, 3.8) is 0 Å². The minimum Gasteiger partial charge on any atom is -0.489 e. The van der Waals surface area contributed by atoms with Crippen molar-refractivity contribution in [2.75, 3.05) is 11.6 Å². The normalized spacial score (nSPS) is 11.1. The number of rotatable bonds is 6. The molecule has 0 aromatic heterocycles. The van der Waals surface area contributed by atoms with E-state index in [0.29, 0.717) is 17.9 Å². The quantitative estimate of drug-likeness (QED) is 0.678. The van der Waals surface area contributed by atoms with E-state index in [1.165, 1.54) is 12.1 Å². The van der Waals surface area contributed by atoms with Gasteiger partial charge in [-0.1, -0.05) is 36.4 Å². The number of carbonyl (C=O) groups is 1. The molecule has 28 heavy (non-hydrogen) atoms. The van der Waals surface area contributed by atoms with Crippen LogP contribution in [0.5, 0.6) is 5.75 Å². The standard InChI is InChI=1S/C22H21NO4S/c1-16-8-13-20(28(2,25)26)14-21(16)23-22(24)18-11-9-17(10-12-18)15-27-19-6-4-3-5-7-19/h3-14H,15H2,1-2H3,(H,23,24). The van der Waals surface area contributed by atoms with Crippen molar-refractivity contribution in [3.05, 3.63) is 89.5 Å². The molecule has 0 radical (unpaired) electrons. The van der Waals surface area contributed by atoms with Crippen LogP contribution in [-0.2, 0) is 16.4 Å². The Morgan fingerprint density at radius 3 is 2.29 bits per heavy atom. The highest BCUT2D eigenvalue weighted by molar-refractivity contribution is 7.90. The molecule has 144 valence electrons. The van der Waals surface area contributed by atoms with Crippen LogP contribution in [0.1, 0.15) is 21.5 Å². The first-order valence-electron chi connectivity index (χ1n) is 8.72. The molecule has 0 aliphatic rings. The first-order valence-corrected chi connectivity index (χ1v) is 10.6. The number of hydrogen-bond donors (Lipinski definition) is 1. The van der Waals surface area contributed by atoms with E-state index in [4.69, 9.17) is 4.74 Å². The smallest absolute Gasteiger partial charge is 0.255 e. The summed E-state index contributed by atoms with van der Waals surface area (Å²) in [5.74, 6) is 0.481. The average molecular weight is 395 g/mol. The van der Waals surface area contributed by atoms with E-state index in [0.717, 1.165) is 23.1 Å². The highest BCUT2D eigenvalue weighted by Gasteiger charge is 2.12. The highest BCUT2D eigenvalue weighted by atomic mass is 32.2. The molecule has 3 aromatic rings. The SMILES string of the molecule is Cc1ccc(S(C)(=O)=O)cc1NC(=O)c1ccc(COc2ccccc2)cc1. The topological polar surface area (TPSA) is 72.5 Å². The Balaban J connectivity index is 1.68. The first kappa shape index (κ1) is 19.6. The summed E-state index contributed by atoms with van der Waals surface area (Å²) < 4.78 is 29.1. The van der Waals surface area contributed by atoms with Gasteiger partial charge in [0.2, 0.25) is 0 Å². The molecule has 3 rings (SSSR count). The molecule has 0 aliphatic heterocycles. The molecular formula is C22H21NO4S. The molecule has 6 heteroatoms. The van der Waals surface area contributed by atoms with Crippen LogP contribution in [-0.4, -0.2) is 20.6 Å². The van der Waals surface area contributed by atoms with Gasteiger partial charge in [0.25, 0.3) is 5.91 Å². The van der Waals surface area contributed by atoms with Crippen molar-refractivity contribution < 1.29 is 17.9 Å². The fourth-order valence-electron chi connectivity index (χ4n) is 2.60. The van der Waals surface area contributed by atoms with Gasteiger partial charge < -0.3 is 10.1 Å². The van der Waals surface area contributed by atoms with Gasteiger partial charge in [0, 0.05) is 17.5 Å². The van der Waals surface area contributed by atoms with Crippen LogP contribution in [0, 0.1) is 6.92 Å². The van der Waals surface area contributed by atoms with E-state index in [9.17, 15) is 13.2 Å². The second kappa shape index (κ2) is 8.27. The predicted octanol–water partition coefficient (Wildman–Crippen LogP) is 4.23. The number of aryl methyl sites for hydroxylation is 1. The molecule has 3 aromatic carbocycles. The maximum absolute atomic E-state index is 12.5. The van der Waals surface area contributed by atoms with Gasteiger partial charge in [0.05, 0.1) is 4.90 Å². The molecule has 0 bridgehead atoms. The molecule has 1 amide bonds. The Kier molecular flexibility index (Phi) is 5.80. The summed E-state index contributed by atoms with van der Waals surface area (Å²) in [6, 6.07) is 21.3. The zero-order chi connectivity index (χ0) is 20.1. The Morgan fingerprint density at radius 1 is 0.964 bits per heavy atom. The predicted molar refractivity (Wildman–Crippen MR) is 109 cm³/mol. The Bertz CT molecular complexity index is 1080. The van der Waals surface area contributed by atoms with Gasteiger partial charge in [-0.15, -0.1) is 0 Å². The Hall–Kier alpha value is -3.12. The van der Waals surface area contributed by atoms with Crippen LogP contribution in [0.2, 0.25) is 0 Å². The number of amides is 1. The average Bonchev–Trinajstić information content (AvgIpc) is 2.68. The number of anilines is 1. The molecule has 0 fully saturated rings. The fourth-order valence-corrected chi connectivity index (χ4v) is 3.24. The number of nitrogens with one attached hydrogen (secondary N) is 1. The lowest BCUT2D eigenvalue weighted by molar-refractivity contribution is 0.102. The van der Waals surface area contributed by atoms with Crippen molar-refractivity contribution in [2.24, 2.45) is 0 Å². The Labute approximate surface area is 164 Å². The third-order valence-electron chi connectivity index (χ3n) is 4.25. The van der Waals surface area contributed by atoms with Crippen molar-refractivity contribution in [1.29, 1.82) is 0 Å². The number of sulfone groups is 1. The van der Waals surface area contributed by atoms with Crippen molar-refractivity contribution in [2.45, 2.75) is 18.4 Å². The minimum absolute atomic E-state index is 0.168. The first-order chi connectivity index (χ1) is 13.3. The maximum atomic E-state index is 12.5. The molecule has 0 atom stereocenters. The fraction of sp³-hybridized carbons (Fsp3) is 0.136. The molecule has 1 N–H and O–H groups in total. The number of benzene rings is 3. The molecule has 5 nitrogen and oxygen atoms in total. The minimum atomic E-state index is -3.34. The monoisotopic (exact) mass is 395 g/mol. The maximum Gasteiger partial charge on any atom is 0.255 e. The van der Waals surface area contributed by atoms with E-state index in [1.807, 2.05) is 49.4 Å².